The Morgan fingerprint density at radius 3 is 2.76 bits per heavy atom. The number of nitriles is 1. The Hall–Kier alpha value is -3.34. The summed E-state index contributed by atoms with van der Waals surface area (Å²) in [5, 5.41) is 13.5. The van der Waals surface area contributed by atoms with Crippen molar-refractivity contribution in [3.63, 3.8) is 0 Å². The lowest BCUT2D eigenvalue weighted by atomic mass is 10.1. The van der Waals surface area contributed by atoms with Crippen LogP contribution in [0.2, 0.25) is 0 Å². The number of nitrogens with zero attached hydrogens (tertiary/aromatic N) is 3. The molecule has 2 amide bonds. The summed E-state index contributed by atoms with van der Waals surface area (Å²) in [6.45, 7) is 4.21. The van der Waals surface area contributed by atoms with Gasteiger partial charge < -0.3 is 14.6 Å². The van der Waals surface area contributed by atoms with E-state index in [1.807, 2.05) is 12.2 Å². The summed E-state index contributed by atoms with van der Waals surface area (Å²) < 4.78 is 6.83. The van der Waals surface area contributed by atoms with Crippen molar-refractivity contribution < 1.29 is 14.3 Å². The molecule has 1 aromatic carbocycles. The molecular weight excluding hydrogens is 322 g/mol. The van der Waals surface area contributed by atoms with Gasteiger partial charge in [-0.05, 0) is 31.5 Å². The molecule has 0 atom stereocenters. The third-order valence-corrected chi connectivity index (χ3v) is 3.63. The smallest absolute Gasteiger partial charge is 0.284 e. The number of methoxy groups -OCH3 is 1. The Morgan fingerprint density at radius 2 is 2.12 bits per heavy atom. The molecule has 2 N–H and O–H groups in total. The summed E-state index contributed by atoms with van der Waals surface area (Å²) in [6, 6.07) is 5.08. The van der Waals surface area contributed by atoms with E-state index < -0.39 is 5.91 Å². The first-order chi connectivity index (χ1) is 12.0. The predicted octanol–water partition coefficient (Wildman–Crippen LogP) is 1.54. The fourth-order valence-corrected chi connectivity index (χ4v) is 2.35. The van der Waals surface area contributed by atoms with Gasteiger partial charge in [-0.15, -0.1) is 0 Å². The Balaban J connectivity index is 2.50. The summed E-state index contributed by atoms with van der Waals surface area (Å²) in [7, 11) is 1.52. The van der Waals surface area contributed by atoms with Gasteiger partial charge >= 0.3 is 0 Å². The van der Waals surface area contributed by atoms with Gasteiger partial charge in [-0.1, -0.05) is 6.92 Å². The van der Waals surface area contributed by atoms with Crippen molar-refractivity contribution in [1.29, 1.82) is 5.26 Å². The highest BCUT2D eigenvalue weighted by molar-refractivity contribution is 5.99. The Labute approximate surface area is 145 Å². The Kier molecular flexibility index (Phi) is 5.74. The van der Waals surface area contributed by atoms with Gasteiger partial charge in [0, 0.05) is 6.54 Å². The summed E-state index contributed by atoms with van der Waals surface area (Å²) in [4.78, 5) is 28.4. The first-order valence-corrected chi connectivity index (χ1v) is 7.73. The van der Waals surface area contributed by atoms with Crippen LogP contribution in [-0.2, 0) is 0 Å². The minimum atomic E-state index is -0.593. The second-order valence-corrected chi connectivity index (χ2v) is 5.25. The van der Waals surface area contributed by atoms with Crippen LogP contribution in [0, 0.1) is 18.4 Å². The number of carbonyl (C=O) groups excluding carboxylic acids is 2. The maximum atomic E-state index is 12.5. The number of rotatable bonds is 6. The molecule has 1 aromatic heterocycles. The zero-order valence-electron chi connectivity index (χ0n) is 14.3. The molecule has 25 heavy (non-hydrogen) atoms. The summed E-state index contributed by atoms with van der Waals surface area (Å²) in [6.07, 6.45) is 3.84. The SMILES string of the molecule is CCCNC(=O)c1cc(OC)ccc1-n1cnc(C(=O)NC#N)c1C. The van der Waals surface area contributed by atoms with Gasteiger partial charge in [-0.25, -0.2) is 4.98 Å². The van der Waals surface area contributed by atoms with Gasteiger partial charge in [-0.3, -0.25) is 14.9 Å². The van der Waals surface area contributed by atoms with Gasteiger partial charge in [0.25, 0.3) is 11.8 Å². The van der Waals surface area contributed by atoms with Crippen molar-refractivity contribution >= 4 is 11.8 Å². The van der Waals surface area contributed by atoms with Crippen LogP contribution in [0.15, 0.2) is 24.5 Å². The number of imidazole rings is 1. The lowest BCUT2D eigenvalue weighted by molar-refractivity contribution is 0.0950. The maximum absolute atomic E-state index is 12.5. The van der Waals surface area contributed by atoms with Crippen molar-refractivity contribution in [1.82, 2.24) is 20.2 Å². The fourth-order valence-electron chi connectivity index (χ4n) is 2.35. The molecular formula is C17H19N5O3. The van der Waals surface area contributed by atoms with E-state index in [-0.39, 0.29) is 11.6 Å². The van der Waals surface area contributed by atoms with E-state index in [9.17, 15) is 9.59 Å². The molecule has 0 aliphatic heterocycles. The van der Waals surface area contributed by atoms with E-state index in [2.05, 4.69) is 10.3 Å². The molecule has 0 unspecified atom stereocenters. The predicted molar refractivity (Wildman–Crippen MR) is 90.6 cm³/mol. The molecule has 0 aliphatic carbocycles. The summed E-state index contributed by atoms with van der Waals surface area (Å²) in [5.41, 5.74) is 1.61. The summed E-state index contributed by atoms with van der Waals surface area (Å²) in [5.74, 6) is -0.290. The third-order valence-electron chi connectivity index (χ3n) is 3.63. The molecule has 130 valence electrons. The quantitative estimate of drug-likeness (QED) is 0.612. The molecule has 0 aliphatic rings. The van der Waals surface area contributed by atoms with Gasteiger partial charge in [-0.2, -0.15) is 5.26 Å². The van der Waals surface area contributed by atoms with Crippen LogP contribution in [0.5, 0.6) is 5.75 Å². The second kappa shape index (κ2) is 7.97. The maximum Gasteiger partial charge on any atom is 0.284 e. The van der Waals surface area contributed by atoms with Crippen molar-refractivity contribution in [2.75, 3.05) is 13.7 Å². The standard InChI is InChI=1S/C17H19N5O3/c1-4-7-19-16(23)13-8-12(25-3)5-6-14(13)22-10-21-15(11(22)2)17(24)20-9-18/h5-6,8,10H,4,7H2,1-3H3,(H,19,23)(H,20,24). The number of carbonyl (C=O) groups is 2. The number of amides is 2. The van der Waals surface area contributed by atoms with Gasteiger partial charge in [0.1, 0.15) is 17.8 Å². The molecule has 0 spiro atoms. The van der Waals surface area contributed by atoms with Crippen molar-refractivity contribution in [2.24, 2.45) is 0 Å². The van der Waals surface area contributed by atoms with Crippen LogP contribution >= 0.6 is 0 Å². The van der Waals surface area contributed by atoms with Crippen LogP contribution in [0.25, 0.3) is 5.69 Å². The van der Waals surface area contributed by atoms with Gasteiger partial charge in [0.2, 0.25) is 0 Å². The van der Waals surface area contributed by atoms with E-state index in [4.69, 9.17) is 10.00 Å². The van der Waals surface area contributed by atoms with E-state index in [0.29, 0.717) is 29.2 Å². The first kappa shape index (κ1) is 18.0. The number of ether oxygens (including phenoxy) is 1. The molecule has 2 rings (SSSR count). The number of hydrogen-bond donors (Lipinski definition) is 2. The van der Waals surface area contributed by atoms with E-state index in [0.717, 1.165) is 6.42 Å². The molecule has 8 nitrogen and oxygen atoms in total. The average Bonchev–Trinajstić information content (AvgIpc) is 3.00. The second-order valence-electron chi connectivity index (χ2n) is 5.25. The highest BCUT2D eigenvalue weighted by Crippen LogP contribution is 2.23. The van der Waals surface area contributed by atoms with Crippen LogP contribution in [0.4, 0.5) is 0 Å². The molecule has 0 saturated heterocycles. The minimum Gasteiger partial charge on any atom is -0.497 e. The molecule has 2 aromatic rings. The first-order valence-electron chi connectivity index (χ1n) is 7.73. The number of nitrogens with one attached hydrogen (secondary N) is 2. The van der Waals surface area contributed by atoms with Crippen LogP contribution in [-0.4, -0.2) is 35.0 Å². The normalized spacial score (nSPS) is 10.0. The van der Waals surface area contributed by atoms with E-state index >= 15 is 0 Å². The van der Waals surface area contributed by atoms with Crippen LogP contribution in [0.3, 0.4) is 0 Å². The molecule has 0 saturated carbocycles. The molecule has 0 radical (unpaired) electrons. The number of hydrogen-bond acceptors (Lipinski definition) is 5. The molecule has 8 heteroatoms. The Bertz CT molecular complexity index is 835. The summed E-state index contributed by atoms with van der Waals surface area (Å²) >= 11 is 0. The van der Waals surface area contributed by atoms with Crippen molar-refractivity contribution in [3.05, 3.63) is 41.5 Å². The zero-order valence-corrected chi connectivity index (χ0v) is 14.3. The number of benzene rings is 1. The van der Waals surface area contributed by atoms with E-state index in [1.165, 1.54) is 13.4 Å². The van der Waals surface area contributed by atoms with Crippen molar-refractivity contribution in [3.8, 4) is 17.6 Å². The lowest BCUT2D eigenvalue weighted by Gasteiger charge is -2.13. The van der Waals surface area contributed by atoms with E-state index in [1.54, 1.807) is 35.9 Å². The van der Waals surface area contributed by atoms with Crippen molar-refractivity contribution in [2.45, 2.75) is 20.3 Å². The fraction of sp³-hybridized carbons (Fsp3) is 0.294. The molecule has 0 fully saturated rings. The minimum absolute atomic E-state index is 0.122. The largest absolute Gasteiger partial charge is 0.497 e. The average molecular weight is 341 g/mol. The lowest BCUT2D eigenvalue weighted by Crippen LogP contribution is -2.25. The highest BCUT2D eigenvalue weighted by Gasteiger charge is 2.19. The Morgan fingerprint density at radius 1 is 1.36 bits per heavy atom. The zero-order chi connectivity index (χ0) is 18.4. The highest BCUT2D eigenvalue weighted by atomic mass is 16.5. The molecule has 1 heterocycles. The van der Waals surface area contributed by atoms with Gasteiger partial charge in [0.15, 0.2) is 6.19 Å². The topological polar surface area (TPSA) is 109 Å². The third kappa shape index (κ3) is 3.77. The number of aromatic nitrogens is 2. The van der Waals surface area contributed by atoms with Crippen LogP contribution in [0.1, 0.15) is 39.9 Å². The van der Waals surface area contributed by atoms with Crippen LogP contribution < -0.4 is 15.4 Å². The van der Waals surface area contributed by atoms with Gasteiger partial charge in [0.05, 0.1) is 24.1 Å². The monoisotopic (exact) mass is 341 g/mol. The molecule has 0 bridgehead atoms.